The first-order valence-electron chi connectivity index (χ1n) is 4.74. The summed E-state index contributed by atoms with van der Waals surface area (Å²) in [5.41, 5.74) is -1.01. The van der Waals surface area contributed by atoms with E-state index in [1.807, 2.05) is 0 Å². The van der Waals surface area contributed by atoms with Crippen LogP contribution in [0.15, 0.2) is 0 Å². The number of carbonyl (C=O) groups excluding carboxylic acids is 2. The van der Waals surface area contributed by atoms with Gasteiger partial charge in [0, 0.05) is 10.8 Å². The zero-order valence-corrected chi connectivity index (χ0v) is 10.7. The van der Waals surface area contributed by atoms with Gasteiger partial charge in [-0.05, 0) is 0 Å². The quantitative estimate of drug-likeness (QED) is 0.568. The maximum Gasteiger partial charge on any atom is 0.158 e. The molecule has 0 aromatic rings. The molecule has 0 heterocycles. The van der Waals surface area contributed by atoms with E-state index in [4.69, 9.17) is 0 Å². The Morgan fingerprint density at radius 1 is 0.857 bits per heavy atom. The van der Waals surface area contributed by atoms with Crippen molar-refractivity contribution >= 4 is 24.2 Å². The highest BCUT2D eigenvalue weighted by Gasteiger charge is 2.36. The van der Waals surface area contributed by atoms with E-state index in [-0.39, 0.29) is 11.6 Å². The van der Waals surface area contributed by atoms with E-state index in [0.29, 0.717) is 0 Å². The van der Waals surface area contributed by atoms with Gasteiger partial charge in [0.1, 0.15) is 5.25 Å². The van der Waals surface area contributed by atoms with Crippen molar-refractivity contribution in [1.82, 2.24) is 0 Å². The molecule has 82 valence electrons. The Bertz CT molecular complexity index is 217. The van der Waals surface area contributed by atoms with Crippen LogP contribution in [-0.2, 0) is 9.59 Å². The lowest BCUT2D eigenvalue weighted by Crippen LogP contribution is -2.40. The van der Waals surface area contributed by atoms with Gasteiger partial charge in [-0.1, -0.05) is 41.5 Å². The van der Waals surface area contributed by atoms with Crippen molar-refractivity contribution in [1.29, 1.82) is 0 Å². The smallest absolute Gasteiger partial charge is 0.158 e. The fraction of sp³-hybridized carbons (Fsp3) is 0.818. The molecule has 0 bridgehead atoms. The number of hydrogen-bond acceptors (Lipinski definition) is 3. The summed E-state index contributed by atoms with van der Waals surface area (Å²) in [4.78, 5) is 23.5. The highest BCUT2D eigenvalue weighted by Crippen LogP contribution is 2.25. The molecule has 0 radical (unpaired) electrons. The monoisotopic (exact) mass is 216 g/mol. The first-order valence-corrected chi connectivity index (χ1v) is 5.26. The maximum absolute atomic E-state index is 11.8. The van der Waals surface area contributed by atoms with E-state index < -0.39 is 16.1 Å². The summed E-state index contributed by atoms with van der Waals surface area (Å²) in [5, 5.41) is -0.796. The predicted octanol–water partition coefficient (Wildman–Crippen LogP) is 2.52. The van der Waals surface area contributed by atoms with Crippen LogP contribution in [0.4, 0.5) is 0 Å². The SMILES string of the molecule is CC(C)(C)C(=O)C(S)C(=O)C(C)(C)C. The lowest BCUT2D eigenvalue weighted by molar-refractivity contribution is -0.134. The van der Waals surface area contributed by atoms with Gasteiger partial charge in [-0.25, -0.2) is 0 Å². The fourth-order valence-corrected chi connectivity index (χ4v) is 1.71. The number of thiol groups is 1. The van der Waals surface area contributed by atoms with Crippen LogP contribution in [0.5, 0.6) is 0 Å². The summed E-state index contributed by atoms with van der Waals surface area (Å²) in [7, 11) is 0. The Labute approximate surface area is 91.9 Å². The Morgan fingerprint density at radius 3 is 1.21 bits per heavy atom. The largest absolute Gasteiger partial charge is 0.297 e. The predicted molar refractivity (Wildman–Crippen MR) is 61.7 cm³/mol. The van der Waals surface area contributed by atoms with Gasteiger partial charge in [0.15, 0.2) is 11.6 Å². The minimum absolute atomic E-state index is 0.110. The molecule has 0 atom stereocenters. The first-order chi connectivity index (χ1) is 5.98. The molecule has 0 aromatic heterocycles. The maximum atomic E-state index is 11.8. The average Bonchev–Trinajstić information content (AvgIpc) is 1.97. The van der Waals surface area contributed by atoms with Crippen LogP contribution in [0.2, 0.25) is 0 Å². The second-order valence-corrected chi connectivity index (χ2v) is 6.15. The van der Waals surface area contributed by atoms with Crippen molar-refractivity contribution in [3.8, 4) is 0 Å². The van der Waals surface area contributed by atoms with Crippen LogP contribution in [-0.4, -0.2) is 16.8 Å². The van der Waals surface area contributed by atoms with Crippen molar-refractivity contribution < 1.29 is 9.59 Å². The van der Waals surface area contributed by atoms with Gasteiger partial charge in [-0.15, -0.1) is 0 Å². The summed E-state index contributed by atoms with van der Waals surface area (Å²) >= 11 is 4.11. The van der Waals surface area contributed by atoms with E-state index in [1.54, 1.807) is 41.5 Å². The summed E-state index contributed by atoms with van der Waals surface area (Å²) in [6, 6.07) is 0. The second-order valence-electron chi connectivity index (χ2n) is 5.63. The molecule has 0 saturated carbocycles. The Balaban J connectivity index is 4.74. The van der Waals surface area contributed by atoms with E-state index in [0.717, 1.165) is 0 Å². The average molecular weight is 216 g/mol. The molecule has 0 aliphatic rings. The molecule has 0 fully saturated rings. The standard InChI is InChI=1S/C11H20O2S/c1-10(2,3)8(12)7(14)9(13)11(4,5)6/h7,14H,1-6H3. The van der Waals surface area contributed by atoms with Crippen molar-refractivity contribution in [3.63, 3.8) is 0 Å². The Morgan fingerprint density at radius 2 is 1.07 bits per heavy atom. The Hall–Kier alpha value is -0.310. The third kappa shape index (κ3) is 3.45. The minimum atomic E-state index is -0.796. The summed E-state index contributed by atoms with van der Waals surface area (Å²) in [6.45, 7) is 10.8. The molecular formula is C11H20O2S. The lowest BCUT2D eigenvalue weighted by Gasteiger charge is -2.25. The number of carbonyl (C=O) groups is 2. The molecule has 0 aliphatic heterocycles. The molecule has 0 aromatic carbocycles. The minimum Gasteiger partial charge on any atom is -0.297 e. The molecule has 0 aliphatic carbocycles. The topological polar surface area (TPSA) is 34.1 Å². The number of ketones is 2. The first kappa shape index (κ1) is 13.7. The molecule has 0 rings (SSSR count). The van der Waals surface area contributed by atoms with E-state index in [9.17, 15) is 9.59 Å². The molecule has 0 unspecified atom stereocenters. The Kier molecular flexibility index (Phi) is 3.96. The van der Waals surface area contributed by atoms with Crippen molar-refractivity contribution in [3.05, 3.63) is 0 Å². The normalized spacial score (nSPS) is 13.1. The van der Waals surface area contributed by atoms with Gasteiger partial charge in [0.05, 0.1) is 0 Å². The second kappa shape index (κ2) is 4.05. The van der Waals surface area contributed by atoms with Crippen LogP contribution in [0.1, 0.15) is 41.5 Å². The van der Waals surface area contributed by atoms with Crippen molar-refractivity contribution in [2.24, 2.45) is 10.8 Å². The van der Waals surface area contributed by atoms with E-state index in [2.05, 4.69) is 12.6 Å². The van der Waals surface area contributed by atoms with Crippen LogP contribution in [0, 0.1) is 10.8 Å². The van der Waals surface area contributed by atoms with E-state index >= 15 is 0 Å². The summed E-state index contributed by atoms with van der Waals surface area (Å²) < 4.78 is 0. The van der Waals surface area contributed by atoms with Crippen LogP contribution in [0.3, 0.4) is 0 Å². The van der Waals surface area contributed by atoms with Gasteiger partial charge >= 0.3 is 0 Å². The zero-order valence-electron chi connectivity index (χ0n) is 9.84. The number of hydrogen-bond donors (Lipinski definition) is 1. The highest BCUT2D eigenvalue weighted by atomic mass is 32.1. The third-order valence-corrected chi connectivity index (χ3v) is 2.44. The molecule has 0 N–H and O–H groups in total. The van der Waals surface area contributed by atoms with Crippen molar-refractivity contribution in [2.75, 3.05) is 0 Å². The third-order valence-electron chi connectivity index (χ3n) is 1.98. The van der Waals surface area contributed by atoms with Crippen LogP contribution >= 0.6 is 12.6 Å². The molecule has 2 nitrogen and oxygen atoms in total. The number of rotatable bonds is 2. The zero-order chi connectivity index (χ0) is 11.7. The van der Waals surface area contributed by atoms with Gasteiger partial charge in [0.2, 0.25) is 0 Å². The van der Waals surface area contributed by atoms with E-state index in [1.165, 1.54) is 0 Å². The van der Waals surface area contributed by atoms with Crippen LogP contribution < -0.4 is 0 Å². The summed E-state index contributed by atoms with van der Waals surface area (Å²) in [6.07, 6.45) is 0. The van der Waals surface area contributed by atoms with Crippen LogP contribution in [0.25, 0.3) is 0 Å². The van der Waals surface area contributed by atoms with Gasteiger partial charge < -0.3 is 0 Å². The summed E-state index contributed by atoms with van der Waals surface area (Å²) in [5.74, 6) is -0.221. The molecule has 0 spiro atoms. The molecule has 14 heavy (non-hydrogen) atoms. The number of Topliss-reactive ketones (excluding diaryl/α,β-unsaturated/α-hetero) is 2. The van der Waals surface area contributed by atoms with Gasteiger partial charge in [-0.3, -0.25) is 9.59 Å². The van der Waals surface area contributed by atoms with Gasteiger partial charge in [0.25, 0.3) is 0 Å². The fourth-order valence-electron chi connectivity index (χ4n) is 0.939. The van der Waals surface area contributed by atoms with Crippen molar-refractivity contribution in [2.45, 2.75) is 46.8 Å². The van der Waals surface area contributed by atoms with Gasteiger partial charge in [-0.2, -0.15) is 12.6 Å². The molecular weight excluding hydrogens is 196 g/mol. The molecule has 0 saturated heterocycles. The highest BCUT2D eigenvalue weighted by molar-refractivity contribution is 7.82. The molecule has 0 amide bonds. The molecule has 3 heteroatoms. The lowest BCUT2D eigenvalue weighted by atomic mass is 9.81.